The maximum atomic E-state index is 9.43. The molecule has 0 aromatic heterocycles. The molecule has 0 radical (unpaired) electrons. The van der Waals surface area contributed by atoms with Crippen molar-refractivity contribution in [2.45, 2.75) is 44.6 Å². The van der Waals surface area contributed by atoms with Gasteiger partial charge in [-0.1, -0.05) is 31.5 Å². The summed E-state index contributed by atoms with van der Waals surface area (Å²) in [4.78, 5) is 0. The lowest BCUT2D eigenvalue weighted by molar-refractivity contribution is 0.238. The summed E-state index contributed by atoms with van der Waals surface area (Å²) in [5.74, 6) is 1.38. The van der Waals surface area contributed by atoms with E-state index in [1.54, 1.807) is 0 Å². The quantitative estimate of drug-likeness (QED) is 0.864. The van der Waals surface area contributed by atoms with E-state index in [9.17, 15) is 5.26 Å². The van der Waals surface area contributed by atoms with E-state index in [0.717, 1.165) is 37.9 Å². The highest BCUT2D eigenvalue weighted by atomic mass is 16.5. The third-order valence-corrected chi connectivity index (χ3v) is 4.54. The minimum atomic E-state index is -0.340. The van der Waals surface area contributed by atoms with Gasteiger partial charge in [-0.25, -0.2) is 0 Å². The monoisotopic (exact) mass is 272 g/mol. The van der Waals surface area contributed by atoms with Gasteiger partial charge in [0, 0.05) is 0 Å². The fourth-order valence-corrected chi connectivity index (χ4v) is 3.25. The topological polar surface area (TPSA) is 45.0 Å². The molecule has 108 valence electrons. The second-order valence-corrected chi connectivity index (χ2v) is 5.52. The average molecular weight is 272 g/mol. The number of hydrogen-bond acceptors (Lipinski definition) is 3. The molecule has 1 aliphatic rings. The molecule has 1 fully saturated rings. The zero-order chi connectivity index (χ0) is 14.4. The van der Waals surface area contributed by atoms with Crippen molar-refractivity contribution in [2.75, 3.05) is 13.7 Å². The van der Waals surface area contributed by atoms with E-state index in [1.165, 1.54) is 5.56 Å². The number of nitrogens with zero attached hydrogens (tertiary/aromatic N) is 1. The summed E-state index contributed by atoms with van der Waals surface area (Å²) < 4.78 is 5.94. The molecule has 0 heterocycles. The summed E-state index contributed by atoms with van der Waals surface area (Å²) in [6, 6.07) is 10.7. The van der Waals surface area contributed by atoms with E-state index in [1.807, 2.05) is 25.2 Å². The Hall–Kier alpha value is -1.53. The molecule has 0 saturated heterocycles. The minimum Gasteiger partial charge on any atom is -0.493 e. The first-order valence-electron chi connectivity index (χ1n) is 7.56. The SMILES string of the molecule is CCc1ccccc1OCCC1CCCC1(C#N)NC. The summed E-state index contributed by atoms with van der Waals surface area (Å²) in [5, 5.41) is 12.7. The molecule has 1 aliphatic carbocycles. The number of benzene rings is 1. The van der Waals surface area contributed by atoms with Crippen LogP contribution in [0.2, 0.25) is 0 Å². The zero-order valence-electron chi connectivity index (χ0n) is 12.5. The molecule has 1 aromatic rings. The van der Waals surface area contributed by atoms with Crippen LogP contribution in [0.1, 0.15) is 38.2 Å². The van der Waals surface area contributed by atoms with Crippen LogP contribution in [-0.4, -0.2) is 19.2 Å². The fraction of sp³-hybridized carbons (Fsp3) is 0.588. The van der Waals surface area contributed by atoms with Gasteiger partial charge in [0.25, 0.3) is 0 Å². The molecule has 3 heteroatoms. The van der Waals surface area contributed by atoms with Crippen molar-refractivity contribution in [1.82, 2.24) is 5.32 Å². The van der Waals surface area contributed by atoms with Crippen LogP contribution in [0.5, 0.6) is 5.75 Å². The fourth-order valence-electron chi connectivity index (χ4n) is 3.25. The summed E-state index contributed by atoms with van der Waals surface area (Å²) in [6.45, 7) is 2.83. The van der Waals surface area contributed by atoms with Gasteiger partial charge in [0.15, 0.2) is 0 Å². The van der Waals surface area contributed by atoms with Gasteiger partial charge in [-0.3, -0.25) is 0 Å². The van der Waals surface area contributed by atoms with Crippen LogP contribution in [0, 0.1) is 17.2 Å². The Balaban J connectivity index is 1.91. The molecule has 2 unspecified atom stereocenters. The van der Waals surface area contributed by atoms with Crippen molar-refractivity contribution in [3.05, 3.63) is 29.8 Å². The molecule has 1 N–H and O–H groups in total. The summed E-state index contributed by atoms with van der Waals surface area (Å²) in [5.41, 5.74) is 0.910. The highest BCUT2D eigenvalue weighted by molar-refractivity contribution is 5.33. The maximum absolute atomic E-state index is 9.43. The van der Waals surface area contributed by atoms with Gasteiger partial charge in [0.05, 0.1) is 12.7 Å². The number of hydrogen-bond donors (Lipinski definition) is 1. The highest BCUT2D eigenvalue weighted by Gasteiger charge is 2.41. The van der Waals surface area contributed by atoms with E-state index in [-0.39, 0.29) is 5.54 Å². The van der Waals surface area contributed by atoms with E-state index in [4.69, 9.17) is 4.74 Å². The van der Waals surface area contributed by atoms with Crippen LogP contribution in [0.25, 0.3) is 0 Å². The number of ether oxygens (including phenoxy) is 1. The number of nitriles is 1. The second kappa shape index (κ2) is 6.76. The van der Waals surface area contributed by atoms with Crippen LogP contribution in [0.15, 0.2) is 24.3 Å². The van der Waals surface area contributed by atoms with Crippen molar-refractivity contribution in [3.8, 4) is 11.8 Å². The van der Waals surface area contributed by atoms with Gasteiger partial charge in [0.2, 0.25) is 0 Å². The number of aryl methyl sites for hydroxylation is 1. The van der Waals surface area contributed by atoms with Gasteiger partial charge >= 0.3 is 0 Å². The normalized spacial score (nSPS) is 25.4. The minimum absolute atomic E-state index is 0.340. The van der Waals surface area contributed by atoms with Crippen molar-refractivity contribution in [3.63, 3.8) is 0 Å². The Kier molecular flexibility index (Phi) is 5.03. The Morgan fingerprint density at radius 2 is 2.25 bits per heavy atom. The molecule has 0 bridgehead atoms. The van der Waals surface area contributed by atoms with Crippen LogP contribution in [0.3, 0.4) is 0 Å². The lowest BCUT2D eigenvalue weighted by Crippen LogP contribution is -2.45. The smallest absolute Gasteiger partial charge is 0.122 e. The molecule has 1 aromatic carbocycles. The summed E-state index contributed by atoms with van der Waals surface area (Å²) in [6.07, 6.45) is 5.12. The molecule has 0 spiro atoms. The number of para-hydroxylation sites is 1. The van der Waals surface area contributed by atoms with Crippen molar-refractivity contribution in [1.29, 1.82) is 5.26 Å². The van der Waals surface area contributed by atoms with Crippen LogP contribution >= 0.6 is 0 Å². The standard InChI is InChI=1S/C17H24N2O/c1-3-14-7-4-5-9-16(14)20-12-10-15-8-6-11-17(15,13-18)19-2/h4-5,7,9,15,19H,3,6,8,10-12H2,1-2H3. The Morgan fingerprint density at radius 3 is 2.95 bits per heavy atom. The third kappa shape index (κ3) is 2.96. The Labute approximate surface area is 121 Å². The molecule has 3 nitrogen and oxygen atoms in total. The number of nitrogens with one attached hydrogen (secondary N) is 1. The predicted molar refractivity (Wildman–Crippen MR) is 80.7 cm³/mol. The molecular weight excluding hydrogens is 248 g/mol. The van der Waals surface area contributed by atoms with Gasteiger partial charge in [-0.15, -0.1) is 0 Å². The molecule has 0 aliphatic heterocycles. The first-order valence-corrected chi connectivity index (χ1v) is 7.56. The van der Waals surface area contributed by atoms with E-state index >= 15 is 0 Å². The molecule has 0 amide bonds. The first-order chi connectivity index (χ1) is 9.75. The van der Waals surface area contributed by atoms with Crippen molar-refractivity contribution >= 4 is 0 Å². The van der Waals surface area contributed by atoms with Crippen molar-refractivity contribution < 1.29 is 4.74 Å². The number of rotatable bonds is 6. The maximum Gasteiger partial charge on any atom is 0.122 e. The average Bonchev–Trinajstić information content (AvgIpc) is 2.91. The highest BCUT2D eigenvalue weighted by Crippen LogP contribution is 2.37. The molecule has 2 atom stereocenters. The largest absolute Gasteiger partial charge is 0.493 e. The van der Waals surface area contributed by atoms with Gasteiger partial charge in [-0.05, 0) is 50.3 Å². The summed E-state index contributed by atoms with van der Waals surface area (Å²) in [7, 11) is 1.90. The second-order valence-electron chi connectivity index (χ2n) is 5.52. The van der Waals surface area contributed by atoms with Gasteiger partial charge < -0.3 is 10.1 Å². The van der Waals surface area contributed by atoms with Crippen LogP contribution in [-0.2, 0) is 6.42 Å². The van der Waals surface area contributed by atoms with Crippen LogP contribution in [0.4, 0.5) is 0 Å². The Morgan fingerprint density at radius 1 is 1.45 bits per heavy atom. The zero-order valence-corrected chi connectivity index (χ0v) is 12.5. The predicted octanol–water partition coefficient (Wildman–Crippen LogP) is 3.30. The van der Waals surface area contributed by atoms with E-state index in [0.29, 0.717) is 12.5 Å². The van der Waals surface area contributed by atoms with Crippen molar-refractivity contribution in [2.24, 2.45) is 5.92 Å². The Bertz CT molecular complexity index is 480. The third-order valence-electron chi connectivity index (χ3n) is 4.54. The summed E-state index contributed by atoms with van der Waals surface area (Å²) >= 11 is 0. The van der Waals surface area contributed by atoms with Crippen LogP contribution < -0.4 is 10.1 Å². The molecule has 1 saturated carbocycles. The molecule has 20 heavy (non-hydrogen) atoms. The van der Waals surface area contributed by atoms with E-state index < -0.39 is 0 Å². The van der Waals surface area contributed by atoms with Gasteiger partial charge in [-0.2, -0.15) is 5.26 Å². The first kappa shape index (κ1) is 14.9. The lowest BCUT2D eigenvalue weighted by atomic mass is 9.86. The molecule has 2 rings (SSSR count). The lowest BCUT2D eigenvalue weighted by Gasteiger charge is -2.28. The molecular formula is C17H24N2O. The van der Waals surface area contributed by atoms with Gasteiger partial charge in [0.1, 0.15) is 11.3 Å². The van der Waals surface area contributed by atoms with E-state index in [2.05, 4.69) is 24.4 Å².